The van der Waals surface area contributed by atoms with Crippen LogP contribution in [0.5, 0.6) is 0 Å². The van der Waals surface area contributed by atoms with Crippen LogP contribution in [0.25, 0.3) is 0 Å². The van der Waals surface area contributed by atoms with Crippen LogP contribution in [0.2, 0.25) is 0 Å². The molecule has 0 bridgehead atoms. The van der Waals surface area contributed by atoms with Gasteiger partial charge < -0.3 is 24.8 Å². The average Bonchev–Trinajstić information content (AvgIpc) is 2.99. The van der Waals surface area contributed by atoms with Gasteiger partial charge in [-0.05, 0) is 92.1 Å². The highest BCUT2D eigenvalue weighted by molar-refractivity contribution is 7.90. The Labute approximate surface area is 243 Å². The summed E-state index contributed by atoms with van der Waals surface area (Å²) in [6, 6.07) is 12.8. The molecule has 0 spiro atoms. The number of likely N-dealkylation sites (N-methyl/N-ethyl adjacent to an activating group) is 1. The third-order valence-corrected chi connectivity index (χ3v) is 9.92. The van der Waals surface area contributed by atoms with Crippen molar-refractivity contribution in [2.75, 3.05) is 64.1 Å². The van der Waals surface area contributed by atoms with Gasteiger partial charge in [0.15, 0.2) is 9.84 Å². The fourth-order valence-corrected chi connectivity index (χ4v) is 6.94. The maximum Gasteiger partial charge on any atom is 0.320 e. The quantitative estimate of drug-likeness (QED) is 0.535. The Kier molecular flexibility index (Phi) is 9.31. The number of nitrogens with zero attached hydrogens (tertiary/aromatic N) is 3. The number of piperidine rings is 1. The standard InChI is InChI=1S/C31H42N4O5S/c1-3-33(22-23-12-14-34(15-13-23)31(37)35-16-18-40-19-17-35)28-9-5-24-4-8-27(20-26(24)21-28)32-30(36)25-6-10-29(11-7-25)41(2,38)39/h4,6-8,10-11,20,23,28H,3,5,9,12-19,21-22H2,1-2H3,(H,32,36). The van der Waals surface area contributed by atoms with Crippen molar-refractivity contribution in [3.05, 3.63) is 59.2 Å². The summed E-state index contributed by atoms with van der Waals surface area (Å²) in [7, 11) is -3.31. The number of morpholine rings is 1. The summed E-state index contributed by atoms with van der Waals surface area (Å²) in [6.07, 6.45) is 6.32. The number of aryl methyl sites for hydroxylation is 1. The molecule has 2 aliphatic heterocycles. The molecule has 0 saturated carbocycles. The van der Waals surface area contributed by atoms with Gasteiger partial charge in [-0.1, -0.05) is 13.0 Å². The lowest BCUT2D eigenvalue weighted by molar-refractivity contribution is 0.0385. The molecule has 1 unspecified atom stereocenters. The van der Waals surface area contributed by atoms with Crippen molar-refractivity contribution in [3.63, 3.8) is 0 Å². The topological polar surface area (TPSA) is 99.3 Å². The monoisotopic (exact) mass is 582 g/mol. The lowest BCUT2D eigenvalue weighted by atomic mass is 9.86. The van der Waals surface area contributed by atoms with Crippen molar-refractivity contribution in [2.24, 2.45) is 5.92 Å². The second kappa shape index (κ2) is 12.9. The minimum absolute atomic E-state index is 0.164. The number of carbonyl (C=O) groups excluding carboxylic acids is 2. The van der Waals surface area contributed by atoms with Gasteiger partial charge in [0.05, 0.1) is 18.1 Å². The first kappa shape index (κ1) is 29.5. The second-order valence-corrected chi connectivity index (χ2v) is 13.5. The van der Waals surface area contributed by atoms with Gasteiger partial charge in [-0.25, -0.2) is 13.2 Å². The molecule has 41 heavy (non-hydrogen) atoms. The zero-order valence-electron chi connectivity index (χ0n) is 24.2. The highest BCUT2D eigenvalue weighted by Crippen LogP contribution is 2.29. The van der Waals surface area contributed by atoms with Gasteiger partial charge in [-0.3, -0.25) is 4.79 Å². The van der Waals surface area contributed by atoms with Crippen LogP contribution in [-0.4, -0.2) is 99.8 Å². The maximum absolute atomic E-state index is 12.9. The smallest absolute Gasteiger partial charge is 0.320 e. The zero-order chi connectivity index (χ0) is 29.0. The summed E-state index contributed by atoms with van der Waals surface area (Å²) >= 11 is 0. The molecular formula is C31H42N4O5S. The van der Waals surface area contributed by atoms with Crippen LogP contribution in [0.1, 0.15) is 47.7 Å². The van der Waals surface area contributed by atoms with E-state index in [1.807, 2.05) is 15.9 Å². The molecule has 2 aromatic carbocycles. The molecule has 2 aromatic rings. The van der Waals surface area contributed by atoms with Crippen LogP contribution in [-0.2, 0) is 27.4 Å². The number of likely N-dealkylation sites (tertiary alicyclic amines) is 1. The van der Waals surface area contributed by atoms with E-state index in [9.17, 15) is 18.0 Å². The van der Waals surface area contributed by atoms with Crippen molar-refractivity contribution in [2.45, 2.75) is 50.0 Å². The van der Waals surface area contributed by atoms with Crippen LogP contribution >= 0.6 is 0 Å². The molecule has 1 N–H and O–H groups in total. The molecule has 2 fully saturated rings. The van der Waals surface area contributed by atoms with Crippen molar-refractivity contribution in [1.29, 1.82) is 0 Å². The van der Waals surface area contributed by atoms with E-state index in [0.29, 0.717) is 43.8 Å². The molecule has 222 valence electrons. The first-order valence-corrected chi connectivity index (χ1v) is 16.7. The first-order chi connectivity index (χ1) is 19.7. The van der Waals surface area contributed by atoms with Gasteiger partial charge in [0.25, 0.3) is 5.91 Å². The van der Waals surface area contributed by atoms with Gasteiger partial charge in [0, 0.05) is 56.3 Å². The van der Waals surface area contributed by atoms with Crippen LogP contribution in [0.3, 0.4) is 0 Å². The minimum atomic E-state index is -3.31. The fraction of sp³-hybridized carbons (Fsp3) is 0.548. The molecule has 1 atom stereocenters. The molecule has 3 aliphatic rings. The summed E-state index contributed by atoms with van der Waals surface area (Å²) in [6.45, 7) is 8.57. The number of benzene rings is 2. The maximum atomic E-state index is 12.9. The number of anilines is 1. The van der Waals surface area contributed by atoms with E-state index >= 15 is 0 Å². The van der Waals surface area contributed by atoms with Crippen LogP contribution in [0, 0.1) is 5.92 Å². The third-order valence-electron chi connectivity index (χ3n) is 8.79. The lowest BCUT2D eigenvalue weighted by Gasteiger charge is -2.40. The average molecular weight is 583 g/mol. The lowest BCUT2D eigenvalue weighted by Crippen LogP contribution is -2.51. The summed E-state index contributed by atoms with van der Waals surface area (Å²) in [5.41, 5.74) is 3.78. The number of sulfone groups is 1. The number of hydrogen-bond donors (Lipinski definition) is 1. The number of fused-ring (bicyclic) bond motifs is 1. The molecule has 5 rings (SSSR count). The number of carbonyl (C=O) groups is 2. The Morgan fingerprint density at radius 3 is 2.29 bits per heavy atom. The molecule has 1 aliphatic carbocycles. The number of hydrogen-bond acceptors (Lipinski definition) is 6. The summed E-state index contributed by atoms with van der Waals surface area (Å²) in [4.78, 5) is 32.5. The SMILES string of the molecule is CCN(CC1CCN(C(=O)N2CCOCC2)CC1)C1CCc2ccc(NC(=O)c3ccc(S(C)(=O)=O)cc3)cc2C1. The van der Waals surface area contributed by atoms with E-state index in [1.165, 1.54) is 23.3 Å². The summed E-state index contributed by atoms with van der Waals surface area (Å²) in [5, 5.41) is 2.98. The highest BCUT2D eigenvalue weighted by atomic mass is 32.2. The van der Waals surface area contributed by atoms with Gasteiger partial charge in [0.1, 0.15) is 0 Å². The number of rotatable bonds is 7. The Hall–Kier alpha value is -2.95. The molecule has 2 saturated heterocycles. The van der Waals surface area contributed by atoms with E-state index in [1.54, 1.807) is 12.1 Å². The fourth-order valence-electron chi connectivity index (χ4n) is 6.31. The van der Waals surface area contributed by atoms with Crippen LogP contribution in [0.15, 0.2) is 47.4 Å². The van der Waals surface area contributed by atoms with E-state index < -0.39 is 9.84 Å². The minimum Gasteiger partial charge on any atom is -0.378 e. The summed E-state index contributed by atoms with van der Waals surface area (Å²) < 4.78 is 28.8. The van der Waals surface area contributed by atoms with Gasteiger partial charge in [0.2, 0.25) is 0 Å². The van der Waals surface area contributed by atoms with Crippen molar-refractivity contribution >= 4 is 27.5 Å². The third kappa shape index (κ3) is 7.28. The van der Waals surface area contributed by atoms with E-state index in [-0.39, 0.29) is 16.8 Å². The van der Waals surface area contributed by atoms with Crippen molar-refractivity contribution in [1.82, 2.24) is 14.7 Å². The molecular weight excluding hydrogens is 540 g/mol. The number of urea groups is 1. The van der Waals surface area contributed by atoms with Crippen LogP contribution in [0.4, 0.5) is 10.5 Å². The van der Waals surface area contributed by atoms with Crippen LogP contribution < -0.4 is 5.32 Å². The number of amides is 3. The normalized spacial score (nSPS) is 20.1. The Morgan fingerprint density at radius 2 is 1.63 bits per heavy atom. The van der Waals surface area contributed by atoms with Crippen molar-refractivity contribution in [3.8, 4) is 0 Å². The van der Waals surface area contributed by atoms with E-state index in [2.05, 4.69) is 29.3 Å². The van der Waals surface area contributed by atoms with Gasteiger partial charge in [-0.15, -0.1) is 0 Å². The molecule has 2 heterocycles. The molecule has 10 heteroatoms. The summed E-state index contributed by atoms with van der Waals surface area (Å²) in [5.74, 6) is 0.329. The van der Waals surface area contributed by atoms with Crippen molar-refractivity contribution < 1.29 is 22.7 Å². The molecule has 0 radical (unpaired) electrons. The first-order valence-electron chi connectivity index (χ1n) is 14.8. The Bertz CT molecular complexity index is 1330. The Morgan fingerprint density at radius 1 is 0.951 bits per heavy atom. The number of ether oxygens (including phenoxy) is 1. The Balaban J connectivity index is 1.15. The van der Waals surface area contributed by atoms with E-state index in [0.717, 1.165) is 70.2 Å². The van der Waals surface area contributed by atoms with E-state index in [4.69, 9.17) is 4.74 Å². The number of nitrogens with one attached hydrogen (secondary N) is 1. The second-order valence-electron chi connectivity index (χ2n) is 11.5. The highest BCUT2D eigenvalue weighted by Gasteiger charge is 2.30. The van der Waals surface area contributed by atoms with Gasteiger partial charge in [-0.2, -0.15) is 0 Å². The predicted octanol–water partition coefficient (Wildman–Crippen LogP) is 3.69. The molecule has 9 nitrogen and oxygen atoms in total. The zero-order valence-corrected chi connectivity index (χ0v) is 25.0. The van der Waals surface area contributed by atoms with Gasteiger partial charge >= 0.3 is 6.03 Å². The largest absolute Gasteiger partial charge is 0.378 e. The molecule has 0 aromatic heterocycles. The predicted molar refractivity (Wildman–Crippen MR) is 159 cm³/mol. The molecule has 3 amide bonds.